The molecule has 0 atom stereocenters. The van der Waals surface area contributed by atoms with E-state index in [4.69, 9.17) is 9.68 Å². The van der Waals surface area contributed by atoms with Gasteiger partial charge in [0.25, 0.3) is 5.22 Å². The molecular formula is C18H13FN4O2S2. The summed E-state index contributed by atoms with van der Waals surface area (Å²) in [5, 5.41) is 19.5. The summed E-state index contributed by atoms with van der Waals surface area (Å²) in [5.74, 6) is 0.0680. The number of carbonyl (C=O) groups excluding carboxylic acids is 1. The number of nitriles is 1. The van der Waals surface area contributed by atoms with Crippen LogP contribution in [0.5, 0.6) is 0 Å². The van der Waals surface area contributed by atoms with Gasteiger partial charge in [-0.15, -0.1) is 22.0 Å². The SMILES string of the molecule is N#CCSc1ccccc1NC(=O)CSc1nnc(-c2ccc(F)cc2)o1. The molecule has 9 heteroatoms. The standard InChI is InChI=1S/C18H13FN4O2S2/c19-13-7-5-12(6-8-13)17-22-23-18(25-17)27-11-16(24)21-14-3-1-2-4-15(14)26-10-9-20/h1-8H,10-11H2,(H,21,24). The summed E-state index contributed by atoms with van der Waals surface area (Å²) >= 11 is 2.46. The van der Waals surface area contributed by atoms with Crippen molar-refractivity contribution in [1.29, 1.82) is 5.26 Å². The van der Waals surface area contributed by atoms with Crippen LogP contribution in [0.25, 0.3) is 11.5 Å². The van der Waals surface area contributed by atoms with Gasteiger partial charge in [0.2, 0.25) is 11.8 Å². The van der Waals surface area contributed by atoms with Gasteiger partial charge in [-0.1, -0.05) is 23.9 Å². The van der Waals surface area contributed by atoms with Crippen LogP contribution < -0.4 is 5.32 Å². The molecule has 0 saturated carbocycles. The highest BCUT2D eigenvalue weighted by atomic mass is 32.2. The Labute approximate surface area is 163 Å². The molecule has 2 aromatic carbocycles. The fraction of sp³-hybridized carbons (Fsp3) is 0.111. The van der Waals surface area contributed by atoms with E-state index in [0.717, 1.165) is 16.7 Å². The maximum Gasteiger partial charge on any atom is 0.277 e. The fourth-order valence-electron chi connectivity index (χ4n) is 2.10. The van der Waals surface area contributed by atoms with Crippen LogP contribution in [0.1, 0.15) is 0 Å². The van der Waals surface area contributed by atoms with E-state index < -0.39 is 0 Å². The quantitative estimate of drug-likeness (QED) is 0.594. The second-order valence-corrected chi connectivity index (χ2v) is 7.10. The van der Waals surface area contributed by atoms with Crippen LogP contribution in [-0.2, 0) is 4.79 Å². The Balaban J connectivity index is 1.57. The fourth-order valence-corrected chi connectivity index (χ4v) is 3.33. The zero-order valence-corrected chi connectivity index (χ0v) is 15.5. The number of aromatic nitrogens is 2. The van der Waals surface area contributed by atoms with Crippen LogP contribution in [0.4, 0.5) is 10.1 Å². The first-order chi connectivity index (χ1) is 13.2. The second kappa shape index (κ2) is 9.21. The molecule has 1 amide bonds. The molecule has 0 spiro atoms. The van der Waals surface area contributed by atoms with E-state index in [1.807, 2.05) is 18.2 Å². The average molecular weight is 400 g/mol. The number of carbonyl (C=O) groups is 1. The van der Waals surface area contributed by atoms with E-state index in [1.165, 1.54) is 23.9 Å². The first kappa shape index (κ1) is 18.9. The zero-order chi connectivity index (χ0) is 19.1. The normalized spacial score (nSPS) is 10.4. The third kappa shape index (κ3) is 5.32. The van der Waals surface area contributed by atoms with Gasteiger partial charge in [-0.2, -0.15) is 5.26 Å². The van der Waals surface area contributed by atoms with Crippen molar-refractivity contribution < 1.29 is 13.6 Å². The van der Waals surface area contributed by atoms with Crippen LogP contribution in [0.15, 0.2) is 63.1 Å². The number of hydrogen-bond donors (Lipinski definition) is 1. The number of nitrogens with one attached hydrogen (secondary N) is 1. The molecule has 0 fully saturated rings. The lowest BCUT2D eigenvalue weighted by molar-refractivity contribution is -0.113. The lowest BCUT2D eigenvalue weighted by Gasteiger charge is -2.08. The summed E-state index contributed by atoms with van der Waals surface area (Å²) in [6.45, 7) is 0. The Hall–Kier alpha value is -2.83. The highest BCUT2D eigenvalue weighted by molar-refractivity contribution is 8.00. The van der Waals surface area contributed by atoms with Crippen LogP contribution >= 0.6 is 23.5 Å². The maximum atomic E-state index is 13.0. The van der Waals surface area contributed by atoms with Crippen LogP contribution in [0.3, 0.4) is 0 Å². The van der Waals surface area contributed by atoms with Crippen molar-refractivity contribution in [1.82, 2.24) is 10.2 Å². The van der Waals surface area contributed by atoms with Gasteiger partial charge in [-0.25, -0.2) is 4.39 Å². The Bertz CT molecular complexity index is 970. The largest absolute Gasteiger partial charge is 0.411 e. The Morgan fingerprint density at radius 2 is 1.93 bits per heavy atom. The second-order valence-electron chi connectivity index (χ2n) is 5.16. The van der Waals surface area contributed by atoms with Crippen molar-refractivity contribution in [3.05, 3.63) is 54.3 Å². The van der Waals surface area contributed by atoms with Crippen molar-refractivity contribution in [3.8, 4) is 17.5 Å². The Morgan fingerprint density at radius 3 is 2.70 bits per heavy atom. The third-order valence-corrected chi connectivity index (χ3v) is 5.04. The number of anilines is 1. The zero-order valence-electron chi connectivity index (χ0n) is 13.9. The van der Waals surface area contributed by atoms with Crippen molar-refractivity contribution in [2.75, 3.05) is 16.8 Å². The number of rotatable bonds is 7. The minimum atomic E-state index is -0.349. The molecule has 27 heavy (non-hydrogen) atoms. The van der Waals surface area contributed by atoms with Crippen molar-refractivity contribution in [2.24, 2.45) is 0 Å². The summed E-state index contributed by atoms with van der Waals surface area (Å²) < 4.78 is 18.4. The first-order valence-corrected chi connectivity index (χ1v) is 9.73. The first-order valence-electron chi connectivity index (χ1n) is 7.76. The number of para-hydroxylation sites is 1. The molecule has 0 saturated heterocycles. The molecule has 1 N–H and O–H groups in total. The molecule has 3 rings (SSSR count). The predicted molar refractivity (Wildman–Crippen MR) is 102 cm³/mol. The van der Waals surface area contributed by atoms with E-state index in [2.05, 4.69) is 21.6 Å². The Morgan fingerprint density at radius 1 is 1.15 bits per heavy atom. The molecule has 0 bridgehead atoms. The number of halogens is 1. The van der Waals surface area contributed by atoms with E-state index in [1.54, 1.807) is 18.2 Å². The Kier molecular flexibility index (Phi) is 6.46. The van der Waals surface area contributed by atoms with Gasteiger partial charge in [0.1, 0.15) is 5.82 Å². The average Bonchev–Trinajstić information content (AvgIpc) is 3.15. The summed E-state index contributed by atoms with van der Waals surface area (Å²) in [4.78, 5) is 13.0. The summed E-state index contributed by atoms with van der Waals surface area (Å²) in [7, 11) is 0. The summed E-state index contributed by atoms with van der Waals surface area (Å²) in [6.07, 6.45) is 0. The highest BCUT2D eigenvalue weighted by Crippen LogP contribution is 2.27. The maximum absolute atomic E-state index is 13.0. The lowest BCUT2D eigenvalue weighted by Crippen LogP contribution is -2.14. The van der Waals surface area contributed by atoms with Gasteiger partial charge >= 0.3 is 0 Å². The van der Waals surface area contributed by atoms with Crippen LogP contribution in [0.2, 0.25) is 0 Å². The number of nitrogens with zero attached hydrogens (tertiary/aromatic N) is 3. The van der Waals surface area contributed by atoms with Gasteiger partial charge in [-0.05, 0) is 36.4 Å². The minimum absolute atomic E-state index is 0.0856. The molecule has 1 aromatic heterocycles. The smallest absolute Gasteiger partial charge is 0.277 e. The highest BCUT2D eigenvalue weighted by Gasteiger charge is 2.12. The van der Waals surface area contributed by atoms with Gasteiger partial charge in [0, 0.05) is 10.5 Å². The number of hydrogen-bond acceptors (Lipinski definition) is 7. The molecule has 136 valence electrons. The molecule has 3 aromatic rings. The molecule has 0 aliphatic heterocycles. The van der Waals surface area contributed by atoms with Gasteiger partial charge in [0.15, 0.2) is 0 Å². The third-order valence-electron chi connectivity index (χ3n) is 3.28. The van der Waals surface area contributed by atoms with E-state index in [-0.39, 0.29) is 28.6 Å². The monoisotopic (exact) mass is 400 g/mol. The molecule has 6 nitrogen and oxygen atoms in total. The number of benzene rings is 2. The number of thioether (sulfide) groups is 2. The van der Waals surface area contributed by atoms with Gasteiger partial charge in [-0.3, -0.25) is 4.79 Å². The van der Waals surface area contributed by atoms with E-state index in [9.17, 15) is 9.18 Å². The molecule has 0 unspecified atom stereocenters. The van der Waals surface area contributed by atoms with Gasteiger partial charge in [0.05, 0.1) is 23.3 Å². The van der Waals surface area contributed by atoms with Crippen LogP contribution in [-0.4, -0.2) is 27.6 Å². The van der Waals surface area contributed by atoms with Gasteiger partial charge < -0.3 is 9.73 Å². The minimum Gasteiger partial charge on any atom is -0.411 e. The summed E-state index contributed by atoms with van der Waals surface area (Å²) in [6, 6.07) is 15.0. The van der Waals surface area contributed by atoms with Crippen molar-refractivity contribution in [3.63, 3.8) is 0 Å². The number of amides is 1. The molecule has 0 aliphatic carbocycles. The summed E-state index contributed by atoms with van der Waals surface area (Å²) in [5.41, 5.74) is 1.25. The topological polar surface area (TPSA) is 91.8 Å². The lowest BCUT2D eigenvalue weighted by atomic mass is 10.2. The van der Waals surface area contributed by atoms with E-state index >= 15 is 0 Å². The molecule has 0 radical (unpaired) electrons. The van der Waals surface area contributed by atoms with E-state index in [0.29, 0.717) is 17.0 Å². The predicted octanol–water partition coefficient (Wildman–Crippen LogP) is 4.22. The van der Waals surface area contributed by atoms with Crippen molar-refractivity contribution >= 4 is 35.1 Å². The molecule has 1 heterocycles. The molecule has 0 aliphatic rings. The molecular weight excluding hydrogens is 387 g/mol. The van der Waals surface area contributed by atoms with Crippen molar-refractivity contribution in [2.45, 2.75) is 10.1 Å². The van der Waals surface area contributed by atoms with Crippen LogP contribution in [0, 0.1) is 17.1 Å².